The second kappa shape index (κ2) is 4.02. The van der Waals surface area contributed by atoms with Gasteiger partial charge in [-0.05, 0) is 20.9 Å². The van der Waals surface area contributed by atoms with E-state index in [1.165, 1.54) is 6.33 Å². The fourth-order valence-electron chi connectivity index (χ4n) is 1.51. The van der Waals surface area contributed by atoms with Crippen molar-refractivity contribution < 1.29 is 0 Å². The molecule has 84 valence electrons. The zero-order chi connectivity index (χ0) is 11.6. The molecule has 0 saturated carbocycles. The van der Waals surface area contributed by atoms with Gasteiger partial charge in [0.2, 0.25) is 0 Å². The molecule has 0 atom stereocenters. The van der Waals surface area contributed by atoms with Gasteiger partial charge >= 0.3 is 0 Å². The van der Waals surface area contributed by atoms with Gasteiger partial charge in [0.1, 0.15) is 6.33 Å². The standard InChI is InChI=1S/C11H15N5/c1-11(2,12-3)10-6-15-8-16(10)9-4-13-7-14-5-9/h4-8,12H,1-3H3. The lowest BCUT2D eigenvalue weighted by Crippen LogP contribution is -2.35. The van der Waals surface area contributed by atoms with E-state index in [-0.39, 0.29) is 5.54 Å². The molecule has 0 unspecified atom stereocenters. The van der Waals surface area contributed by atoms with Crippen molar-refractivity contribution in [2.75, 3.05) is 7.05 Å². The monoisotopic (exact) mass is 217 g/mol. The predicted molar refractivity (Wildman–Crippen MR) is 61.2 cm³/mol. The van der Waals surface area contributed by atoms with Crippen LogP contribution in [0.25, 0.3) is 5.69 Å². The average molecular weight is 217 g/mol. The van der Waals surface area contributed by atoms with Gasteiger partial charge in [-0.15, -0.1) is 0 Å². The van der Waals surface area contributed by atoms with E-state index in [1.807, 2.05) is 17.8 Å². The molecule has 0 aliphatic heterocycles. The van der Waals surface area contributed by atoms with Crippen molar-refractivity contribution in [1.82, 2.24) is 24.8 Å². The largest absolute Gasteiger partial charge is 0.310 e. The zero-order valence-electron chi connectivity index (χ0n) is 9.68. The van der Waals surface area contributed by atoms with Crippen molar-refractivity contribution >= 4 is 0 Å². The maximum Gasteiger partial charge on any atom is 0.115 e. The van der Waals surface area contributed by atoms with Gasteiger partial charge in [0, 0.05) is 0 Å². The van der Waals surface area contributed by atoms with Crippen LogP contribution in [0.3, 0.4) is 0 Å². The van der Waals surface area contributed by atoms with E-state index in [0.29, 0.717) is 0 Å². The number of nitrogens with one attached hydrogen (secondary N) is 1. The topological polar surface area (TPSA) is 55.6 Å². The molecule has 0 fully saturated rings. The number of nitrogens with zero attached hydrogens (tertiary/aromatic N) is 4. The highest BCUT2D eigenvalue weighted by atomic mass is 15.1. The summed E-state index contributed by atoms with van der Waals surface area (Å²) in [5, 5.41) is 3.25. The van der Waals surface area contributed by atoms with Gasteiger partial charge in [-0.25, -0.2) is 15.0 Å². The summed E-state index contributed by atoms with van der Waals surface area (Å²) in [7, 11) is 1.93. The lowest BCUT2D eigenvalue weighted by atomic mass is 10.0. The fraction of sp³-hybridized carbons (Fsp3) is 0.364. The second-order valence-electron chi connectivity index (χ2n) is 4.12. The van der Waals surface area contributed by atoms with Crippen molar-refractivity contribution in [1.29, 1.82) is 0 Å². The molecule has 0 aliphatic rings. The molecule has 0 aromatic carbocycles. The zero-order valence-corrected chi connectivity index (χ0v) is 9.68. The molecule has 2 heterocycles. The van der Waals surface area contributed by atoms with E-state index in [0.717, 1.165) is 11.4 Å². The summed E-state index contributed by atoms with van der Waals surface area (Å²) in [6.07, 6.45) is 8.67. The minimum absolute atomic E-state index is 0.146. The molecule has 1 N–H and O–H groups in total. The maximum atomic E-state index is 4.18. The smallest absolute Gasteiger partial charge is 0.115 e. The van der Waals surface area contributed by atoms with E-state index >= 15 is 0 Å². The Kier molecular flexibility index (Phi) is 2.70. The number of aromatic nitrogens is 4. The number of imidazole rings is 1. The Morgan fingerprint density at radius 1 is 1.12 bits per heavy atom. The summed E-state index contributed by atoms with van der Waals surface area (Å²) in [6.45, 7) is 4.20. The van der Waals surface area contributed by atoms with Gasteiger partial charge in [-0.3, -0.25) is 4.57 Å². The van der Waals surface area contributed by atoms with Crippen molar-refractivity contribution in [2.24, 2.45) is 0 Å². The highest BCUT2D eigenvalue weighted by Gasteiger charge is 2.22. The second-order valence-corrected chi connectivity index (χ2v) is 4.12. The fourth-order valence-corrected chi connectivity index (χ4v) is 1.51. The van der Waals surface area contributed by atoms with Crippen LogP contribution in [0.4, 0.5) is 0 Å². The van der Waals surface area contributed by atoms with Gasteiger partial charge in [-0.2, -0.15) is 0 Å². The van der Waals surface area contributed by atoms with E-state index in [2.05, 4.69) is 34.1 Å². The van der Waals surface area contributed by atoms with Crippen LogP contribution in [0.15, 0.2) is 31.2 Å². The van der Waals surface area contributed by atoms with Crippen molar-refractivity contribution in [2.45, 2.75) is 19.4 Å². The van der Waals surface area contributed by atoms with Crippen molar-refractivity contribution in [3.05, 3.63) is 36.9 Å². The molecular weight excluding hydrogens is 202 g/mol. The first-order valence-electron chi connectivity index (χ1n) is 5.12. The highest BCUT2D eigenvalue weighted by molar-refractivity contribution is 5.30. The van der Waals surface area contributed by atoms with Crippen LogP contribution in [0.1, 0.15) is 19.5 Å². The third-order valence-corrected chi connectivity index (χ3v) is 2.73. The molecule has 2 aromatic rings. The molecule has 0 radical (unpaired) electrons. The first-order chi connectivity index (χ1) is 7.65. The lowest BCUT2D eigenvalue weighted by molar-refractivity contribution is 0.424. The predicted octanol–water partition coefficient (Wildman–Crippen LogP) is 1.12. The minimum Gasteiger partial charge on any atom is -0.310 e. The Morgan fingerprint density at radius 2 is 1.81 bits per heavy atom. The molecule has 5 nitrogen and oxygen atoms in total. The number of hydrogen-bond acceptors (Lipinski definition) is 4. The normalized spacial score (nSPS) is 11.7. The molecule has 0 spiro atoms. The third-order valence-electron chi connectivity index (χ3n) is 2.73. The van der Waals surface area contributed by atoms with E-state index in [1.54, 1.807) is 18.7 Å². The Labute approximate surface area is 94.6 Å². The van der Waals surface area contributed by atoms with Crippen LogP contribution < -0.4 is 5.32 Å². The molecule has 0 amide bonds. The molecule has 0 saturated heterocycles. The van der Waals surface area contributed by atoms with Crippen LogP contribution in [0.2, 0.25) is 0 Å². The van der Waals surface area contributed by atoms with E-state index < -0.39 is 0 Å². The van der Waals surface area contributed by atoms with Crippen molar-refractivity contribution in [3.63, 3.8) is 0 Å². The van der Waals surface area contributed by atoms with Gasteiger partial charge in [-0.1, -0.05) is 0 Å². The number of hydrogen-bond donors (Lipinski definition) is 1. The average Bonchev–Trinajstić information content (AvgIpc) is 2.80. The molecular formula is C11H15N5. The third kappa shape index (κ3) is 1.81. The summed E-state index contributed by atoms with van der Waals surface area (Å²) >= 11 is 0. The van der Waals surface area contributed by atoms with Crippen LogP contribution in [0, 0.1) is 0 Å². The summed E-state index contributed by atoms with van der Waals surface area (Å²) < 4.78 is 1.98. The molecule has 0 bridgehead atoms. The lowest BCUT2D eigenvalue weighted by Gasteiger charge is -2.25. The van der Waals surface area contributed by atoms with E-state index in [4.69, 9.17) is 0 Å². The maximum absolute atomic E-state index is 4.18. The molecule has 0 aliphatic carbocycles. The number of rotatable bonds is 3. The van der Waals surface area contributed by atoms with Gasteiger partial charge in [0.15, 0.2) is 0 Å². The Bertz CT molecular complexity index is 460. The molecule has 2 aromatic heterocycles. The minimum atomic E-state index is -0.146. The van der Waals surface area contributed by atoms with Gasteiger partial charge in [0.25, 0.3) is 0 Å². The Balaban J connectivity index is 2.49. The van der Waals surface area contributed by atoms with Crippen LogP contribution >= 0.6 is 0 Å². The molecule has 2 rings (SSSR count). The SMILES string of the molecule is CNC(C)(C)c1cncn1-c1cncnc1. The van der Waals surface area contributed by atoms with Gasteiger partial charge in [0.05, 0.1) is 41.8 Å². The van der Waals surface area contributed by atoms with Gasteiger partial charge < -0.3 is 5.32 Å². The first kappa shape index (κ1) is 10.8. The highest BCUT2D eigenvalue weighted by Crippen LogP contribution is 2.21. The molecule has 5 heteroatoms. The van der Waals surface area contributed by atoms with Crippen LogP contribution in [-0.2, 0) is 5.54 Å². The Hall–Kier alpha value is -1.75. The Morgan fingerprint density at radius 3 is 2.44 bits per heavy atom. The molecule has 16 heavy (non-hydrogen) atoms. The summed E-state index contributed by atoms with van der Waals surface area (Å²) in [4.78, 5) is 12.2. The first-order valence-corrected chi connectivity index (χ1v) is 5.12. The van der Waals surface area contributed by atoms with E-state index in [9.17, 15) is 0 Å². The van der Waals surface area contributed by atoms with Crippen LogP contribution in [0.5, 0.6) is 0 Å². The summed E-state index contributed by atoms with van der Waals surface area (Å²) in [5.41, 5.74) is 1.84. The summed E-state index contributed by atoms with van der Waals surface area (Å²) in [6, 6.07) is 0. The summed E-state index contributed by atoms with van der Waals surface area (Å²) in [5.74, 6) is 0. The quantitative estimate of drug-likeness (QED) is 0.837. The van der Waals surface area contributed by atoms with Crippen LogP contribution in [-0.4, -0.2) is 26.6 Å². The van der Waals surface area contributed by atoms with Crippen molar-refractivity contribution in [3.8, 4) is 5.69 Å².